The number of hydrogen-bond donors (Lipinski definition) is 1. The van der Waals surface area contributed by atoms with Crippen molar-refractivity contribution in [2.45, 2.75) is 26.4 Å². The number of amides is 1. The zero-order valence-electron chi connectivity index (χ0n) is 9.07. The van der Waals surface area contributed by atoms with Crippen LogP contribution in [0.25, 0.3) is 0 Å². The second kappa shape index (κ2) is 3.06. The summed E-state index contributed by atoms with van der Waals surface area (Å²) in [5.41, 5.74) is -0.150. The van der Waals surface area contributed by atoms with Crippen molar-refractivity contribution in [3.63, 3.8) is 0 Å². The lowest BCUT2D eigenvalue weighted by Gasteiger charge is -2.43. The minimum atomic E-state index is -0.751. The summed E-state index contributed by atoms with van der Waals surface area (Å²) >= 11 is 0. The second-order valence-electron chi connectivity index (χ2n) is 4.31. The molecule has 0 bridgehead atoms. The molecule has 0 unspecified atom stereocenters. The number of rotatable bonds is 1. The summed E-state index contributed by atoms with van der Waals surface area (Å²) in [7, 11) is 0. The average Bonchev–Trinajstić information content (AvgIpc) is 2.40. The SMILES string of the molecule is Cc1nc(C)c(C(=O)N2CC(C)(O)C2)o1. The fourth-order valence-corrected chi connectivity index (χ4v) is 1.79. The number of hydrogen-bond acceptors (Lipinski definition) is 4. The van der Waals surface area contributed by atoms with Crippen LogP contribution in [0.5, 0.6) is 0 Å². The number of β-amino-alcohol motifs (C(OH)–C–C–N with tert-alkyl or cyclic N) is 1. The molecule has 1 aromatic heterocycles. The monoisotopic (exact) mass is 210 g/mol. The van der Waals surface area contributed by atoms with E-state index in [-0.39, 0.29) is 11.7 Å². The van der Waals surface area contributed by atoms with Gasteiger partial charge in [-0.25, -0.2) is 4.98 Å². The Labute approximate surface area is 87.7 Å². The van der Waals surface area contributed by atoms with Gasteiger partial charge < -0.3 is 14.4 Å². The largest absolute Gasteiger partial charge is 0.436 e. The molecule has 0 atom stereocenters. The van der Waals surface area contributed by atoms with Gasteiger partial charge in [0.2, 0.25) is 5.76 Å². The first-order valence-corrected chi connectivity index (χ1v) is 4.85. The lowest BCUT2D eigenvalue weighted by molar-refractivity contribution is -0.0678. The molecule has 1 amide bonds. The van der Waals surface area contributed by atoms with Gasteiger partial charge in [-0.2, -0.15) is 0 Å². The normalized spacial score (nSPS) is 18.8. The number of likely N-dealkylation sites (tertiary alicyclic amines) is 1. The van der Waals surface area contributed by atoms with E-state index in [1.54, 1.807) is 25.7 Å². The molecule has 0 saturated carbocycles. The summed E-state index contributed by atoms with van der Waals surface area (Å²) in [6, 6.07) is 0. The topological polar surface area (TPSA) is 66.6 Å². The maximum atomic E-state index is 11.8. The third-order valence-electron chi connectivity index (χ3n) is 2.45. The Bertz CT molecular complexity index is 401. The van der Waals surface area contributed by atoms with E-state index in [4.69, 9.17) is 4.42 Å². The first-order valence-electron chi connectivity index (χ1n) is 4.85. The first-order chi connectivity index (χ1) is 6.89. The van der Waals surface area contributed by atoms with Crippen molar-refractivity contribution in [1.82, 2.24) is 9.88 Å². The fraction of sp³-hybridized carbons (Fsp3) is 0.600. The van der Waals surface area contributed by atoms with E-state index in [9.17, 15) is 9.90 Å². The summed E-state index contributed by atoms with van der Waals surface area (Å²) in [5.74, 6) is 0.575. The Kier molecular flexibility index (Phi) is 2.08. The lowest BCUT2D eigenvalue weighted by atomic mass is 9.96. The van der Waals surface area contributed by atoms with E-state index in [2.05, 4.69) is 4.98 Å². The summed E-state index contributed by atoms with van der Waals surface area (Å²) in [6.45, 7) is 5.85. The molecule has 0 radical (unpaired) electrons. The van der Waals surface area contributed by atoms with E-state index >= 15 is 0 Å². The molecule has 15 heavy (non-hydrogen) atoms. The second-order valence-corrected chi connectivity index (χ2v) is 4.31. The molecule has 0 aromatic carbocycles. The highest BCUT2D eigenvalue weighted by atomic mass is 16.4. The van der Waals surface area contributed by atoms with Crippen LogP contribution in [0.2, 0.25) is 0 Å². The molecule has 1 aromatic rings. The van der Waals surface area contributed by atoms with Gasteiger partial charge in [-0.15, -0.1) is 0 Å². The van der Waals surface area contributed by atoms with E-state index in [1.807, 2.05) is 0 Å². The highest BCUT2D eigenvalue weighted by Gasteiger charge is 2.41. The predicted octanol–water partition coefficient (Wildman–Crippen LogP) is 0.498. The number of carbonyl (C=O) groups is 1. The number of aliphatic hydroxyl groups is 1. The lowest BCUT2D eigenvalue weighted by Crippen LogP contribution is -2.61. The van der Waals surface area contributed by atoms with Crippen LogP contribution in [-0.4, -0.2) is 39.6 Å². The van der Waals surface area contributed by atoms with E-state index in [0.29, 0.717) is 24.7 Å². The summed E-state index contributed by atoms with van der Waals surface area (Å²) in [4.78, 5) is 17.4. The van der Waals surface area contributed by atoms with Crippen LogP contribution in [0.3, 0.4) is 0 Å². The number of nitrogens with zero attached hydrogens (tertiary/aromatic N) is 2. The first kappa shape index (κ1) is 10.2. The van der Waals surface area contributed by atoms with Crippen molar-refractivity contribution >= 4 is 5.91 Å². The smallest absolute Gasteiger partial charge is 0.291 e. The average molecular weight is 210 g/mol. The zero-order valence-corrected chi connectivity index (χ0v) is 9.07. The molecule has 5 heteroatoms. The van der Waals surface area contributed by atoms with Crippen LogP contribution < -0.4 is 0 Å². The summed E-state index contributed by atoms with van der Waals surface area (Å²) in [6.07, 6.45) is 0. The molecule has 1 aliphatic heterocycles. The van der Waals surface area contributed by atoms with Gasteiger partial charge in [0.1, 0.15) is 0 Å². The van der Waals surface area contributed by atoms with Gasteiger partial charge in [0.25, 0.3) is 5.91 Å². The predicted molar refractivity (Wildman–Crippen MR) is 52.5 cm³/mol. The van der Waals surface area contributed by atoms with Crippen LogP contribution in [0.15, 0.2) is 4.42 Å². The standard InChI is InChI=1S/C10H14N2O3/c1-6-8(15-7(2)11-6)9(13)12-4-10(3,14)5-12/h14H,4-5H2,1-3H3. The van der Waals surface area contributed by atoms with Crippen molar-refractivity contribution in [2.75, 3.05) is 13.1 Å². The summed E-state index contributed by atoms with van der Waals surface area (Å²) < 4.78 is 5.22. The van der Waals surface area contributed by atoms with Gasteiger partial charge in [-0.1, -0.05) is 0 Å². The molecule has 1 saturated heterocycles. The Hall–Kier alpha value is -1.36. The molecule has 1 fully saturated rings. The third-order valence-corrected chi connectivity index (χ3v) is 2.45. The third kappa shape index (κ3) is 1.74. The van der Waals surface area contributed by atoms with E-state index < -0.39 is 5.60 Å². The molecular weight excluding hydrogens is 196 g/mol. The molecule has 0 spiro atoms. The zero-order chi connectivity index (χ0) is 11.2. The minimum absolute atomic E-state index is 0.195. The quantitative estimate of drug-likeness (QED) is 0.733. The van der Waals surface area contributed by atoms with Crippen LogP contribution in [0, 0.1) is 13.8 Å². The van der Waals surface area contributed by atoms with Gasteiger partial charge in [0.05, 0.1) is 24.4 Å². The van der Waals surface area contributed by atoms with E-state index in [1.165, 1.54) is 0 Å². The Morgan fingerprint density at radius 3 is 2.53 bits per heavy atom. The molecule has 2 heterocycles. The Morgan fingerprint density at radius 1 is 1.53 bits per heavy atom. The van der Waals surface area contributed by atoms with Crippen molar-refractivity contribution < 1.29 is 14.3 Å². The molecule has 2 rings (SSSR count). The van der Waals surface area contributed by atoms with Gasteiger partial charge in [-0.3, -0.25) is 4.79 Å². The van der Waals surface area contributed by atoms with Crippen LogP contribution in [0.1, 0.15) is 29.1 Å². The highest BCUT2D eigenvalue weighted by Crippen LogP contribution is 2.23. The van der Waals surface area contributed by atoms with Crippen LogP contribution >= 0.6 is 0 Å². The van der Waals surface area contributed by atoms with Gasteiger partial charge in [-0.05, 0) is 13.8 Å². The molecule has 82 valence electrons. The molecule has 0 aliphatic carbocycles. The Morgan fingerprint density at radius 2 is 2.13 bits per heavy atom. The van der Waals surface area contributed by atoms with Gasteiger partial charge in [0, 0.05) is 6.92 Å². The summed E-state index contributed by atoms with van der Waals surface area (Å²) in [5, 5.41) is 9.51. The van der Waals surface area contributed by atoms with Crippen LogP contribution in [-0.2, 0) is 0 Å². The van der Waals surface area contributed by atoms with Crippen molar-refractivity contribution in [3.05, 3.63) is 17.3 Å². The van der Waals surface area contributed by atoms with E-state index in [0.717, 1.165) is 0 Å². The van der Waals surface area contributed by atoms with Crippen molar-refractivity contribution in [3.8, 4) is 0 Å². The van der Waals surface area contributed by atoms with Gasteiger partial charge in [0.15, 0.2) is 5.89 Å². The molecular formula is C10H14N2O3. The van der Waals surface area contributed by atoms with Crippen molar-refractivity contribution in [2.24, 2.45) is 0 Å². The number of aromatic nitrogens is 1. The molecule has 1 N–H and O–H groups in total. The number of oxazole rings is 1. The number of aryl methyl sites for hydroxylation is 2. The minimum Gasteiger partial charge on any atom is -0.436 e. The maximum Gasteiger partial charge on any atom is 0.291 e. The molecule has 1 aliphatic rings. The number of carbonyl (C=O) groups excluding carboxylic acids is 1. The van der Waals surface area contributed by atoms with Gasteiger partial charge >= 0.3 is 0 Å². The maximum absolute atomic E-state index is 11.8. The Balaban J connectivity index is 2.13. The molecule has 5 nitrogen and oxygen atoms in total. The van der Waals surface area contributed by atoms with Crippen LogP contribution in [0.4, 0.5) is 0 Å². The van der Waals surface area contributed by atoms with Crippen molar-refractivity contribution in [1.29, 1.82) is 0 Å². The highest BCUT2D eigenvalue weighted by molar-refractivity contribution is 5.93. The fourth-order valence-electron chi connectivity index (χ4n) is 1.79.